The molecule has 0 aliphatic heterocycles. The van der Waals surface area contributed by atoms with Gasteiger partial charge in [0.2, 0.25) is 0 Å². The van der Waals surface area contributed by atoms with E-state index in [0.717, 1.165) is 11.3 Å². The number of carboxylic acid groups (broad SMARTS) is 1. The van der Waals surface area contributed by atoms with Crippen LogP contribution in [0, 0.1) is 5.92 Å². The maximum Gasteiger partial charge on any atom is 0.315 e. The van der Waals surface area contributed by atoms with Crippen molar-refractivity contribution >= 4 is 12.0 Å². The predicted molar refractivity (Wildman–Crippen MR) is 79.3 cm³/mol. The summed E-state index contributed by atoms with van der Waals surface area (Å²) in [5.74, 6) is -0.466. The summed E-state index contributed by atoms with van der Waals surface area (Å²) in [5, 5.41) is 14.2. The van der Waals surface area contributed by atoms with Crippen molar-refractivity contribution in [1.82, 2.24) is 10.6 Å². The molecule has 2 amide bonds. The largest absolute Gasteiger partial charge is 0.496 e. The number of ether oxygens (including phenoxy) is 1. The third-order valence-electron chi connectivity index (χ3n) is 3.15. The molecule has 0 bridgehead atoms. The van der Waals surface area contributed by atoms with Crippen LogP contribution in [0.25, 0.3) is 0 Å². The summed E-state index contributed by atoms with van der Waals surface area (Å²) < 4.78 is 5.20. The Kier molecular flexibility index (Phi) is 7.08. The van der Waals surface area contributed by atoms with Crippen molar-refractivity contribution in [2.75, 3.05) is 13.7 Å². The van der Waals surface area contributed by atoms with Crippen LogP contribution in [0.15, 0.2) is 24.3 Å². The van der Waals surface area contributed by atoms with Gasteiger partial charge in [0.15, 0.2) is 0 Å². The van der Waals surface area contributed by atoms with Crippen LogP contribution in [0.1, 0.15) is 25.3 Å². The summed E-state index contributed by atoms with van der Waals surface area (Å²) in [6, 6.07) is 7.19. The van der Waals surface area contributed by atoms with Crippen LogP contribution in [0.3, 0.4) is 0 Å². The maximum absolute atomic E-state index is 11.6. The van der Waals surface area contributed by atoms with Gasteiger partial charge in [0, 0.05) is 18.7 Å². The summed E-state index contributed by atoms with van der Waals surface area (Å²) in [7, 11) is 1.59. The van der Waals surface area contributed by atoms with Crippen molar-refractivity contribution in [3.8, 4) is 5.75 Å². The second-order valence-corrected chi connectivity index (χ2v) is 4.80. The lowest BCUT2D eigenvalue weighted by Gasteiger charge is -2.11. The number of rotatable bonds is 8. The van der Waals surface area contributed by atoms with Crippen LogP contribution >= 0.6 is 0 Å². The number of benzene rings is 1. The number of carboxylic acids is 1. The van der Waals surface area contributed by atoms with E-state index in [1.165, 1.54) is 0 Å². The lowest BCUT2D eigenvalue weighted by Crippen LogP contribution is -2.35. The second kappa shape index (κ2) is 8.84. The van der Waals surface area contributed by atoms with Gasteiger partial charge in [0.1, 0.15) is 5.75 Å². The molecule has 1 rings (SSSR count). The molecule has 0 fully saturated rings. The highest BCUT2D eigenvalue weighted by Gasteiger charge is 2.10. The zero-order valence-electron chi connectivity index (χ0n) is 12.4. The minimum atomic E-state index is -0.810. The first-order chi connectivity index (χ1) is 10.0. The number of hydrogen-bond donors (Lipinski definition) is 3. The topological polar surface area (TPSA) is 87.7 Å². The van der Waals surface area contributed by atoms with Crippen molar-refractivity contribution in [3.05, 3.63) is 29.8 Å². The van der Waals surface area contributed by atoms with Gasteiger partial charge < -0.3 is 20.5 Å². The molecule has 6 heteroatoms. The molecule has 1 atom stereocenters. The SMILES string of the molecule is COc1ccccc1CNC(=O)NCCCC(C)C(=O)O. The Hall–Kier alpha value is -2.24. The molecule has 0 heterocycles. The van der Waals surface area contributed by atoms with E-state index in [1.54, 1.807) is 14.0 Å². The average Bonchev–Trinajstić information content (AvgIpc) is 2.49. The zero-order chi connectivity index (χ0) is 15.7. The minimum Gasteiger partial charge on any atom is -0.496 e. The number of carbonyl (C=O) groups is 2. The third kappa shape index (κ3) is 6.16. The van der Waals surface area contributed by atoms with Gasteiger partial charge in [-0.05, 0) is 18.9 Å². The number of nitrogens with one attached hydrogen (secondary N) is 2. The van der Waals surface area contributed by atoms with E-state index in [0.29, 0.717) is 25.9 Å². The molecule has 3 N–H and O–H groups in total. The fraction of sp³-hybridized carbons (Fsp3) is 0.467. The number of methoxy groups -OCH3 is 1. The van der Waals surface area contributed by atoms with E-state index in [2.05, 4.69) is 10.6 Å². The third-order valence-corrected chi connectivity index (χ3v) is 3.15. The molecule has 1 aromatic rings. The van der Waals surface area contributed by atoms with Gasteiger partial charge in [-0.15, -0.1) is 0 Å². The van der Waals surface area contributed by atoms with E-state index in [9.17, 15) is 9.59 Å². The highest BCUT2D eigenvalue weighted by molar-refractivity contribution is 5.73. The van der Waals surface area contributed by atoms with Gasteiger partial charge in [-0.25, -0.2) is 4.79 Å². The van der Waals surface area contributed by atoms with E-state index in [-0.39, 0.29) is 11.9 Å². The molecule has 0 radical (unpaired) electrons. The zero-order valence-corrected chi connectivity index (χ0v) is 12.4. The van der Waals surface area contributed by atoms with E-state index in [1.807, 2.05) is 24.3 Å². The lowest BCUT2D eigenvalue weighted by molar-refractivity contribution is -0.141. The fourth-order valence-electron chi connectivity index (χ4n) is 1.82. The number of para-hydroxylation sites is 1. The number of hydrogen-bond acceptors (Lipinski definition) is 3. The van der Waals surface area contributed by atoms with Crippen LogP contribution in [0.4, 0.5) is 4.79 Å². The standard InChI is InChI=1S/C15H22N2O4/c1-11(14(18)19)6-5-9-16-15(20)17-10-12-7-3-4-8-13(12)21-2/h3-4,7-8,11H,5-6,9-10H2,1-2H3,(H,18,19)(H2,16,17,20). The normalized spacial score (nSPS) is 11.5. The van der Waals surface area contributed by atoms with Gasteiger partial charge in [0.05, 0.1) is 13.0 Å². The maximum atomic E-state index is 11.6. The molecule has 1 aromatic carbocycles. The first-order valence-corrected chi connectivity index (χ1v) is 6.91. The van der Waals surface area contributed by atoms with Crippen molar-refractivity contribution in [2.24, 2.45) is 5.92 Å². The van der Waals surface area contributed by atoms with Crippen LogP contribution in [0.2, 0.25) is 0 Å². The quantitative estimate of drug-likeness (QED) is 0.640. The molecule has 0 saturated heterocycles. The highest BCUT2D eigenvalue weighted by Crippen LogP contribution is 2.16. The van der Waals surface area contributed by atoms with Crippen LogP contribution in [-0.4, -0.2) is 30.8 Å². The van der Waals surface area contributed by atoms with Crippen LogP contribution < -0.4 is 15.4 Å². The first-order valence-electron chi connectivity index (χ1n) is 6.91. The molecular formula is C15H22N2O4. The van der Waals surface area contributed by atoms with Crippen LogP contribution in [-0.2, 0) is 11.3 Å². The van der Waals surface area contributed by atoms with E-state index < -0.39 is 5.97 Å². The summed E-state index contributed by atoms with van der Waals surface area (Å²) in [5.41, 5.74) is 0.898. The van der Waals surface area contributed by atoms with Crippen LogP contribution in [0.5, 0.6) is 5.75 Å². The van der Waals surface area contributed by atoms with E-state index in [4.69, 9.17) is 9.84 Å². The number of aliphatic carboxylic acids is 1. The molecule has 0 spiro atoms. The highest BCUT2D eigenvalue weighted by atomic mass is 16.5. The monoisotopic (exact) mass is 294 g/mol. The molecular weight excluding hydrogens is 272 g/mol. The van der Waals surface area contributed by atoms with Gasteiger partial charge >= 0.3 is 12.0 Å². The first kappa shape index (κ1) is 16.8. The Balaban J connectivity index is 2.24. The van der Waals surface area contributed by atoms with Crippen molar-refractivity contribution in [2.45, 2.75) is 26.3 Å². The Morgan fingerprint density at radius 1 is 1.29 bits per heavy atom. The van der Waals surface area contributed by atoms with E-state index >= 15 is 0 Å². The summed E-state index contributed by atoms with van der Waals surface area (Å²) in [4.78, 5) is 22.3. The second-order valence-electron chi connectivity index (χ2n) is 4.80. The van der Waals surface area contributed by atoms with Crippen molar-refractivity contribution in [1.29, 1.82) is 0 Å². The summed E-state index contributed by atoms with van der Waals surface area (Å²) >= 11 is 0. The molecule has 6 nitrogen and oxygen atoms in total. The van der Waals surface area contributed by atoms with Gasteiger partial charge in [-0.1, -0.05) is 25.1 Å². The molecule has 0 aliphatic carbocycles. The lowest BCUT2D eigenvalue weighted by atomic mass is 10.1. The number of carbonyl (C=O) groups excluding carboxylic acids is 1. The van der Waals surface area contributed by atoms with Crippen molar-refractivity contribution < 1.29 is 19.4 Å². The molecule has 0 saturated carbocycles. The predicted octanol–water partition coefficient (Wildman–Crippen LogP) is 2.00. The fourth-order valence-corrected chi connectivity index (χ4v) is 1.82. The number of amides is 2. The Morgan fingerprint density at radius 2 is 2.00 bits per heavy atom. The smallest absolute Gasteiger partial charge is 0.315 e. The van der Waals surface area contributed by atoms with Gasteiger partial charge in [-0.2, -0.15) is 0 Å². The Bertz CT molecular complexity index is 476. The molecule has 1 unspecified atom stereocenters. The number of urea groups is 1. The Morgan fingerprint density at radius 3 is 2.67 bits per heavy atom. The summed E-state index contributed by atoms with van der Waals surface area (Å²) in [6.07, 6.45) is 1.18. The molecule has 116 valence electrons. The van der Waals surface area contributed by atoms with Gasteiger partial charge in [-0.3, -0.25) is 4.79 Å². The molecule has 0 aromatic heterocycles. The van der Waals surface area contributed by atoms with Gasteiger partial charge in [0.25, 0.3) is 0 Å². The molecule has 0 aliphatic rings. The average molecular weight is 294 g/mol. The molecule has 21 heavy (non-hydrogen) atoms. The Labute approximate surface area is 124 Å². The minimum absolute atomic E-state index is 0.274. The summed E-state index contributed by atoms with van der Waals surface area (Å²) in [6.45, 7) is 2.49. The van der Waals surface area contributed by atoms with Crippen molar-refractivity contribution in [3.63, 3.8) is 0 Å².